The van der Waals surface area contributed by atoms with Crippen molar-refractivity contribution in [1.82, 2.24) is 14.5 Å². The zero-order valence-corrected chi connectivity index (χ0v) is 14.0. The quantitative estimate of drug-likeness (QED) is 0.647. The molecule has 10 heteroatoms. The van der Waals surface area contributed by atoms with E-state index in [9.17, 15) is 14.7 Å². The molecular formula is C14H22N6O4+2. The largest absolute Gasteiger partial charge is 0.519 e. The van der Waals surface area contributed by atoms with E-state index < -0.39 is 0 Å². The van der Waals surface area contributed by atoms with Crippen molar-refractivity contribution in [2.75, 3.05) is 37.7 Å². The molecule has 0 saturated carbocycles. The van der Waals surface area contributed by atoms with Crippen LogP contribution in [0.2, 0.25) is 0 Å². The number of carbonyl (C=O) groups excluding carboxylic acids is 1. The van der Waals surface area contributed by atoms with Crippen LogP contribution in [-0.4, -0.2) is 58.4 Å². The van der Waals surface area contributed by atoms with Gasteiger partial charge in [-0.1, -0.05) is 0 Å². The first-order chi connectivity index (χ1) is 11.4. The Balaban J connectivity index is 1.85. The van der Waals surface area contributed by atoms with Gasteiger partial charge in [0.2, 0.25) is 0 Å². The number of piperazine rings is 1. The highest BCUT2D eigenvalue weighted by Crippen LogP contribution is 2.12. The molecule has 1 fully saturated rings. The van der Waals surface area contributed by atoms with Gasteiger partial charge in [0.25, 0.3) is 5.52 Å². The van der Waals surface area contributed by atoms with Gasteiger partial charge in [0.1, 0.15) is 14.1 Å². The van der Waals surface area contributed by atoms with Gasteiger partial charge in [-0.05, 0) is 6.92 Å². The molecule has 0 unspecified atom stereocenters. The standard InChI is InChI=1S/C14H20N6O4/c1-4-24-14(23)20-7-5-19(6-8-20)12-15-9-10(16-12)17(2)13(22)18(3)11(9)21/h4-8H2,1-3H3,(H,15,16,21)/p+2. The first-order valence-electron chi connectivity index (χ1n) is 7.83. The number of fused-ring (bicyclic) bond motifs is 1. The molecule has 0 aliphatic carbocycles. The molecule has 2 aromatic heterocycles. The van der Waals surface area contributed by atoms with Crippen LogP contribution in [0.3, 0.4) is 0 Å². The van der Waals surface area contributed by atoms with Crippen molar-refractivity contribution >= 4 is 23.2 Å². The first kappa shape index (κ1) is 16.1. The van der Waals surface area contributed by atoms with Crippen molar-refractivity contribution in [1.29, 1.82) is 0 Å². The van der Waals surface area contributed by atoms with Gasteiger partial charge in [-0.3, -0.25) is 4.98 Å². The minimum Gasteiger partial charge on any atom is -0.450 e. The highest BCUT2D eigenvalue weighted by atomic mass is 16.6. The van der Waals surface area contributed by atoms with E-state index >= 15 is 0 Å². The maximum absolute atomic E-state index is 12.3. The van der Waals surface area contributed by atoms with Gasteiger partial charge in [-0.15, -0.1) is 9.13 Å². The molecule has 1 amide bonds. The number of aromatic nitrogens is 4. The van der Waals surface area contributed by atoms with Crippen LogP contribution >= 0.6 is 0 Å². The summed E-state index contributed by atoms with van der Waals surface area (Å²) >= 11 is 0. The van der Waals surface area contributed by atoms with Crippen LogP contribution in [0, 0.1) is 0 Å². The molecule has 3 heterocycles. The third-order valence-electron chi connectivity index (χ3n) is 4.29. The molecule has 3 rings (SSSR count). The first-order valence-corrected chi connectivity index (χ1v) is 7.83. The van der Waals surface area contributed by atoms with E-state index in [1.807, 2.05) is 4.90 Å². The van der Waals surface area contributed by atoms with Crippen LogP contribution in [0.15, 0.2) is 4.79 Å². The number of anilines is 1. The van der Waals surface area contributed by atoms with Crippen LogP contribution in [0.25, 0.3) is 11.2 Å². The Morgan fingerprint density at radius 2 is 2.04 bits per heavy atom. The highest BCUT2D eigenvalue weighted by molar-refractivity contribution is 5.68. The Bertz CT molecular complexity index is 834. The van der Waals surface area contributed by atoms with E-state index in [-0.39, 0.29) is 17.7 Å². The van der Waals surface area contributed by atoms with E-state index in [0.29, 0.717) is 49.9 Å². The maximum Gasteiger partial charge on any atom is 0.519 e. The number of ether oxygens (including phenoxy) is 1. The predicted octanol–water partition coefficient (Wildman–Crippen LogP) is -1.51. The molecule has 10 nitrogen and oxygen atoms in total. The number of amides is 1. The Hall–Kier alpha value is -2.78. The number of rotatable bonds is 2. The number of aromatic hydroxyl groups is 1. The van der Waals surface area contributed by atoms with Crippen LogP contribution in [0.1, 0.15) is 6.92 Å². The maximum atomic E-state index is 12.3. The van der Waals surface area contributed by atoms with E-state index in [2.05, 4.69) is 9.97 Å². The molecule has 0 atom stereocenters. The lowest BCUT2D eigenvalue weighted by molar-refractivity contribution is -0.690. The molecular weight excluding hydrogens is 316 g/mol. The van der Waals surface area contributed by atoms with Crippen molar-refractivity contribution in [3.8, 4) is 6.01 Å². The number of nitrogens with one attached hydrogen (secondary N) is 2. The number of aromatic amines is 2. The molecule has 0 radical (unpaired) electrons. The summed E-state index contributed by atoms with van der Waals surface area (Å²) in [5.41, 5.74) is 0.590. The summed E-state index contributed by atoms with van der Waals surface area (Å²) in [5.74, 6) is 0.673. The smallest absolute Gasteiger partial charge is 0.450 e. The second-order valence-electron chi connectivity index (χ2n) is 5.72. The fourth-order valence-electron chi connectivity index (χ4n) is 2.86. The number of aryl methyl sites for hydroxylation is 1. The fourth-order valence-corrected chi connectivity index (χ4v) is 2.86. The Labute approximate surface area is 137 Å². The molecule has 3 N–H and O–H groups in total. The Kier molecular flexibility index (Phi) is 4.04. The van der Waals surface area contributed by atoms with Gasteiger partial charge in [0.15, 0.2) is 0 Å². The van der Waals surface area contributed by atoms with Crippen molar-refractivity contribution in [3.63, 3.8) is 0 Å². The van der Waals surface area contributed by atoms with Crippen molar-refractivity contribution in [2.24, 2.45) is 14.1 Å². The third kappa shape index (κ3) is 2.53. The number of hydrogen-bond acceptors (Lipinski definition) is 5. The fraction of sp³-hybridized carbons (Fsp3) is 0.571. The zero-order chi connectivity index (χ0) is 17.4. The van der Waals surface area contributed by atoms with Gasteiger partial charge >= 0.3 is 29.3 Å². The van der Waals surface area contributed by atoms with Crippen molar-refractivity contribution in [3.05, 3.63) is 10.4 Å². The lowest BCUT2D eigenvalue weighted by atomic mass is 10.3. The third-order valence-corrected chi connectivity index (χ3v) is 4.29. The van der Waals surface area contributed by atoms with E-state index in [1.54, 1.807) is 18.9 Å². The van der Waals surface area contributed by atoms with Gasteiger partial charge in [0.05, 0.1) is 6.61 Å². The molecule has 1 aliphatic heterocycles. The predicted molar refractivity (Wildman–Crippen MR) is 83.7 cm³/mol. The summed E-state index contributed by atoms with van der Waals surface area (Å²) in [5, 5.41) is 9.97. The van der Waals surface area contributed by atoms with E-state index in [0.717, 1.165) is 0 Å². The summed E-state index contributed by atoms with van der Waals surface area (Å²) in [6.07, 6.45) is -0.303. The average molecular weight is 338 g/mol. The van der Waals surface area contributed by atoms with Crippen LogP contribution in [0.5, 0.6) is 6.01 Å². The second kappa shape index (κ2) is 6.02. The van der Waals surface area contributed by atoms with Crippen LogP contribution in [-0.2, 0) is 18.8 Å². The van der Waals surface area contributed by atoms with Crippen LogP contribution < -0.4 is 20.0 Å². The second-order valence-corrected chi connectivity index (χ2v) is 5.72. The molecule has 1 saturated heterocycles. The summed E-state index contributed by atoms with van der Waals surface area (Å²) in [7, 11) is 3.18. The number of H-pyrrole nitrogens is 2. The van der Waals surface area contributed by atoms with Gasteiger partial charge in [-0.2, -0.15) is 4.98 Å². The number of hydrogen-bond donors (Lipinski definition) is 2. The minimum absolute atomic E-state index is 0.138. The summed E-state index contributed by atoms with van der Waals surface area (Å²) in [4.78, 5) is 33.9. The highest BCUT2D eigenvalue weighted by Gasteiger charge is 2.31. The number of nitrogens with zero attached hydrogens (tertiary/aromatic N) is 4. The van der Waals surface area contributed by atoms with E-state index in [1.165, 1.54) is 16.2 Å². The average Bonchev–Trinajstić information content (AvgIpc) is 3.04. The topological polar surface area (TPSA) is 109 Å². The Morgan fingerprint density at radius 3 is 2.67 bits per heavy atom. The van der Waals surface area contributed by atoms with Gasteiger partial charge < -0.3 is 19.6 Å². The summed E-state index contributed by atoms with van der Waals surface area (Å²) in [6, 6.07) is -0.138. The molecule has 130 valence electrons. The molecule has 0 spiro atoms. The number of imidazole rings is 1. The molecule has 24 heavy (non-hydrogen) atoms. The lowest BCUT2D eigenvalue weighted by Gasteiger charge is -2.32. The molecule has 0 bridgehead atoms. The summed E-state index contributed by atoms with van der Waals surface area (Å²) in [6.45, 7) is 4.44. The SMILES string of the molecule is CCOC(=O)N1CCN(c2[nH]c3c(=O)n(C)c(O)[n+](C)c3[nH+]2)CC1. The monoisotopic (exact) mass is 338 g/mol. The molecule has 2 aromatic rings. The number of carbonyl (C=O) groups is 1. The lowest BCUT2D eigenvalue weighted by Crippen LogP contribution is -2.50. The summed E-state index contributed by atoms with van der Waals surface area (Å²) < 4.78 is 7.69. The van der Waals surface area contributed by atoms with Crippen molar-refractivity contribution in [2.45, 2.75) is 6.92 Å². The van der Waals surface area contributed by atoms with Gasteiger partial charge in [-0.25, -0.2) is 9.59 Å². The molecule has 1 aliphatic rings. The Morgan fingerprint density at radius 1 is 1.38 bits per heavy atom. The molecule has 0 aromatic carbocycles. The van der Waals surface area contributed by atoms with Gasteiger partial charge in [0, 0.05) is 26.2 Å². The van der Waals surface area contributed by atoms with E-state index in [4.69, 9.17) is 4.74 Å². The van der Waals surface area contributed by atoms with Crippen LogP contribution in [0.4, 0.5) is 10.7 Å². The normalized spacial score (nSPS) is 15.1. The minimum atomic E-state index is -0.312. The van der Waals surface area contributed by atoms with Crippen molar-refractivity contribution < 1.29 is 24.2 Å². The zero-order valence-electron chi connectivity index (χ0n) is 14.0.